The summed E-state index contributed by atoms with van der Waals surface area (Å²) in [5, 5.41) is 22.2. The van der Waals surface area contributed by atoms with Crippen LogP contribution in [0.4, 0.5) is 5.95 Å². The second kappa shape index (κ2) is 7.86. The molecule has 0 amide bonds. The zero-order chi connectivity index (χ0) is 15.9. The molecule has 120 valence electrons. The smallest absolute Gasteiger partial charge is 0.290 e. The zero-order valence-electron chi connectivity index (χ0n) is 13.2. The maximum Gasteiger partial charge on any atom is 0.290 e. The Morgan fingerprint density at radius 1 is 1.36 bits per heavy atom. The van der Waals surface area contributed by atoms with E-state index in [4.69, 9.17) is 5.73 Å². The Morgan fingerprint density at radius 2 is 2.18 bits per heavy atom. The second-order valence-electron chi connectivity index (χ2n) is 5.43. The molecule has 7 nitrogen and oxygen atoms in total. The minimum atomic E-state index is 0.363. The van der Waals surface area contributed by atoms with E-state index in [2.05, 4.69) is 20.7 Å². The molecule has 22 heavy (non-hydrogen) atoms. The molecule has 0 fully saturated rings. The standard InChI is InChI=1S/C15H24N6O/c1-11-5-6-14-13(10-11)19-15(20-21(14)22)18-9-7-12(17-2)4-3-8-16/h5-6,10,12,17H,3-4,7-9,16H2,1-2H3,(H,18,19,20). The molecule has 0 spiro atoms. The van der Waals surface area contributed by atoms with Crippen LogP contribution in [0.2, 0.25) is 0 Å². The lowest BCUT2D eigenvalue weighted by atomic mass is 10.1. The third-order valence-corrected chi connectivity index (χ3v) is 3.69. The van der Waals surface area contributed by atoms with Gasteiger partial charge < -0.3 is 21.6 Å². The lowest BCUT2D eigenvalue weighted by Gasteiger charge is -2.15. The Hall–Kier alpha value is -1.99. The molecule has 0 radical (unpaired) electrons. The van der Waals surface area contributed by atoms with E-state index in [1.54, 1.807) is 6.07 Å². The van der Waals surface area contributed by atoms with Crippen LogP contribution >= 0.6 is 0 Å². The first-order valence-electron chi connectivity index (χ1n) is 7.63. The van der Waals surface area contributed by atoms with E-state index in [1.165, 1.54) is 0 Å². The van der Waals surface area contributed by atoms with E-state index in [0.29, 0.717) is 41.0 Å². The third-order valence-electron chi connectivity index (χ3n) is 3.69. The van der Waals surface area contributed by atoms with Crippen molar-refractivity contribution >= 4 is 17.0 Å². The van der Waals surface area contributed by atoms with E-state index in [9.17, 15) is 5.21 Å². The van der Waals surface area contributed by atoms with Crippen LogP contribution in [-0.4, -0.2) is 36.3 Å². The van der Waals surface area contributed by atoms with Gasteiger partial charge in [-0.2, -0.15) is 0 Å². The van der Waals surface area contributed by atoms with Crippen molar-refractivity contribution in [3.8, 4) is 0 Å². The number of nitrogens with zero attached hydrogens (tertiary/aromatic N) is 3. The number of hydrogen-bond donors (Lipinski definition) is 3. The van der Waals surface area contributed by atoms with Crippen molar-refractivity contribution in [3.05, 3.63) is 29.0 Å². The lowest BCUT2D eigenvalue weighted by molar-refractivity contribution is -0.641. The number of rotatable bonds is 8. The molecule has 0 bridgehead atoms. The molecule has 2 rings (SSSR count). The largest absolute Gasteiger partial charge is 0.594 e. The van der Waals surface area contributed by atoms with E-state index in [0.717, 1.165) is 24.8 Å². The minimum absolute atomic E-state index is 0.363. The van der Waals surface area contributed by atoms with Gasteiger partial charge in [-0.05, 0) is 56.3 Å². The van der Waals surface area contributed by atoms with Crippen molar-refractivity contribution in [3.63, 3.8) is 0 Å². The molecular formula is C15H24N6O. The molecule has 1 heterocycles. The van der Waals surface area contributed by atoms with Gasteiger partial charge in [-0.3, -0.25) is 0 Å². The highest BCUT2D eigenvalue weighted by atomic mass is 16.5. The summed E-state index contributed by atoms with van der Waals surface area (Å²) >= 11 is 0. The Balaban J connectivity index is 1.99. The third kappa shape index (κ3) is 4.25. The SMILES string of the molecule is CNC(CCCN)CCNc1nc2cc(C)ccc2[n+]([O-])n1. The van der Waals surface area contributed by atoms with Gasteiger partial charge in [0.2, 0.25) is 0 Å². The molecule has 1 unspecified atom stereocenters. The molecule has 2 aromatic rings. The van der Waals surface area contributed by atoms with Crippen LogP contribution in [0.1, 0.15) is 24.8 Å². The van der Waals surface area contributed by atoms with Gasteiger partial charge in [0.25, 0.3) is 11.5 Å². The number of benzene rings is 1. The molecular weight excluding hydrogens is 280 g/mol. The van der Waals surface area contributed by atoms with Crippen LogP contribution in [0.25, 0.3) is 11.0 Å². The van der Waals surface area contributed by atoms with Crippen LogP contribution in [0, 0.1) is 12.1 Å². The van der Waals surface area contributed by atoms with Crippen LogP contribution in [0.3, 0.4) is 0 Å². The lowest BCUT2D eigenvalue weighted by Crippen LogP contribution is -2.34. The molecule has 7 heteroatoms. The van der Waals surface area contributed by atoms with Crippen molar-refractivity contribution in [1.82, 2.24) is 15.4 Å². The highest BCUT2D eigenvalue weighted by molar-refractivity contribution is 5.72. The summed E-state index contributed by atoms with van der Waals surface area (Å²) in [6, 6.07) is 5.90. The average molecular weight is 304 g/mol. The monoisotopic (exact) mass is 304 g/mol. The van der Waals surface area contributed by atoms with Gasteiger partial charge in [-0.1, -0.05) is 6.07 Å². The number of nitrogens with one attached hydrogen (secondary N) is 2. The molecule has 1 atom stereocenters. The molecule has 0 aliphatic rings. The van der Waals surface area contributed by atoms with Crippen LogP contribution < -0.4 is 21.2 Å². The van der Waals surface area contributed by atoms with E-state index in [-0.39, 0.29) is 0 Å². The second-order valence-corrected chi connectivity index (χ2v) is 5.43. The number of nitrogens with two attached hydrogens (primary N) is 1. The van der Waals surface area contributed by atoms with Gasteiger partial charge in [0, 0.05) is 18.7 Å². The molecule has 1 aromatic carbocycles. The number of aryl methyl sites for hydroxylation is 1. The quantitative estimate of drug-likeness (QED) is 0.490. The Bertz CT molecular complexity index is 618. The number of fused-ring (bicyclic) bond motifs is 1. The fourth-order valence-corrected chi connectivity index (χ4v) is 2.39. The summed E-state index contributed by atoms with van der Waals surface area (Å²) in [6.45, 7) is 3.38. The van der Waals surface area contributed by atoms with Crippen molar-refractivity contribution < 1.29 is 4.85 Å². The zero-order valence-corrected chi connectivity index (χ0v) is 13.2. The minimum Gasteiger partial charge on any atom is -0.594 e. The fraction of sp³-hybridized carbons (Fsp3) is 0.533. The van der Waals surface area contributed by atoms with Gasteiger partial charge in [-0.25, -0.2) is 4.98 Å². The van der Waals surface area contributed by atoms with E-state index < -0.39 is 0 Å². The Kier molecular flexibility index (Phi) is 5.85. The van der Waals surface area contributed by atoms with E-state index >= 15 is 0 Å². The first-order valence-corrected chi connectivity index (χ1v) is 7.63. The van der Waals surface area contributed by atoms with Crippen molar-refractivity contribution in [2.45, 2.75) is 32.2 Å². The predicted octanol–water partition coefficient (Wildman–Crippen LogP) is 0.701. The highest BCUT2D eigenvalue weighted by Gasteiger charge is 2.11. The summed E-state index contributed by atoms with van der Waals surface area (Å²) < 4.78 is 0. The molecule has 1 aromatic heterocycles. The molecule has 4 N–H and O–H groups in total. The van der Waals surface area contributed by atoms with Crippen LogP contribution in [-0.2, 0) is 0 Å². The number of anilines is 1. The average Bonchev–Trinajstić information content (AvgIpc) is 2.50. The summed E-state index contributed by atoms with van der Waals surface area (Å²) in [5.41, 5.74) is 7.73. The van der Waals surface area contributed by atoms with Gasteiger partial charge in [-0.15, -0.1) is 0 Å². The first kappa shape index (κ1) is 16.4. The first-order chi connectivity index (χ1) is 10.6. The number of hydrogen-bond acceptors (Lipinski definition) is 6. The normalized spacial score (nSPS) is 12.5. The van der Waals surface area contributed by atoms with Crippen molar-refractivity contribution in [1.29, 1.82) is 0 Å². The van der Waals surface area contributed by atoms with E-state index in [1.807, 2.05) is 26.1 Å². The van der Waals surface area contributed by atoms with Crippen molar-refractivity contribution in [2.24, 2.45) is 5.73 Å². The van der Waals surface area contributed by atoms with Crippen LogP contribution in [0.5, 0.6) is 0 Å². The summed E-state index contributed by atoms with van der Waals surface area (Å²) in [4.78, 5) is 5.02. The van der Waals surface area contributed by atoms with Crippen LogP contribution in [0.15, 0.2) is 18.2 Å². The fourth-order valence-electron chi connectivity index (χ4n) is 2.39. The number of aromatic nitrogens is 3. The van der Waals surface area contributed by atoms with Gasteiger partial charge in [0.15, 0.2) is 0 Å². The molecule has 0 saturated carbocycles. The van der Waals surface area contributed by atoms with Crippen molar-refractivity contribution in [2.75, 3.05) is 25.5 Å². The van der Waals surface area contributed by atoms with Gasteiger partial charge in [0.1, 0.15) is 5.52 Å². The Morgan fingerprint density at radius 3 is 2.91 bits per heavy atom. The molecule has 0 aliphatic carbocycles. The molecule has 0 saturated heterocycles. The summed E-state index contributed by atoms with van der Waals surface area (Å²) in [5.74, 6) is 0.363. The highest BCUT2D eigenvalue weighted by Crippen LogP contribution is 2.11. The topological polar surface area (TPSA) is 103 Å². The van der Waals surface area contributed by atoms with Gasteiger partial charge in [0.05, 0.1) is 5.10 Å². The maximum absolute atomic E-state index is 11.9. The summed E-state index contributed by atoms with van der Waals surface area (Å²) in [7, 11) is 1.95. The van der Waals surface area contributed by atoms with Gasteiger partial charge >= 0.3 is 0 Å². The predicted molar refractivity (Wildman–Crippen MR) is 87.5 cm³/mol. The summed E-state index contributed by atoms with van der Waals surface area (Å²) in [6.07, 6.45) is 2.95. The maximum atomic E-state index is 11.9. The molecule has 0 aliphatic heterocycles. The Labute approximate surface area is 130 Å².